The van der Waals surface area contributed by atoms with Gasteiger partial charge in [0.05, 0.1) is 0 Å². The summed E-state index contributed by atoms with van der Waals surface area (Å²) in [5, 5.41) is 3.68. The number of hydrogen-bond donors (Lipinski definition) is 1. The van der Waals surface area contributed by atoms with E-state index in [1.165, 1.54) is 18.4 Å². The highest BCUT2D eigenvalue weighted by atomic mass is 15.0. The molecular formula is C13H21N. The molecule has 0 radical (unpaired) electrons. The zero-order valence-electron chi connectivity index (χ0n) is 9.13. The van der Waals surface area contributed by atoms with E-state index < -0.39 is 0 Å². The molecule has 1 heteroatoms. The lowest BCUT2D eigenvalue weighted by Crippen LogP contribution is -2.53. The van der Waals surface area contributed by atoms with E-state index in [2.05, 4.69) is 18.8 Å². The molecule has 0 spiro atoms. The minimum atomic E-state index is 0.840. The maximum atomic E-state index is 3.96. The predicted octanol–water partition coefficient (Wildman–Crippen LogP) is 2.59. The van der Waals surface area contributed by atoms with Gasteiger partial charge in [-0.1, -0.05) is 12.2 Å². The summed E-state index contributed by atoms with van der Waals surface area (Å²) in [5.41, 5.74) is 1.27. The van der Waals surface area contributed by atoms with Crippen LogP contribution in [0.3, 0.4) is 0 Å². The molecular weight excluding hydrogens is 170 g/mol. The Morgan fingerprint density at radius 3 is 2.79 bits per heavy atom. The highest BCUT2D eigenvalue weighted by Gasteiger charge is 2.56. The van der Waals surface area contributed by atoms with E-state index in [9.17, 15) is 0 Å². The first kappa shape index (κ1) is 8.96. The second kappa shape index (κ2) is 3.10. The molecule has 3 aliphatic rings. The molecule has 0 saturated heterocycles. The third kappa shape index (κ3) is 1.18. The van der Waals surface area contributed by atoms with Crippen LogP contribution in [-0.4, -0.2) is 12.6 Å². The third-order valence-corrected chi connectivity index (χ3v) is 4.81. The fourth-order valence-electron chi connectivity index (χ4n) is 4.21. The lowest BCUT2D eigenvalue weighted by Gasteiger charge is -2.48. The molecule has 3 rings (SSSR count). The fourth-order valence-corrected chi connectivity index (χ4v) is 4.21. The molecule has 3 aliphatic carbocycles. The van der Waals surface area contributed by atoms with Crippen LogP contribution in [0, 0.1) is 23.7 Å². The summed E-state index contributed by atoms with van der Waals surface area (Å²) in [6, 6.07) is 0.840. The van der Waals surface area contributed by atoms with Gasteiger partial charge in [-0.2, -0.15) is 0 Å². The zero-order valence-corrected chi connectivity index (χ0v) is 9.13. The Kier molecular flexibility index (Phi) is 1.98. The van der Waals surface area contributed by atoms with Crippen LogP contribution in [0.25, 0.3) is 0 Å². The molecule has 3 saturated carbocycles. The largest absolute Gasteiger partial charge is 0.310 e. The van der Waals surface area contributed by atoms with Gasteiger partial charge in [-0.3, -0.25) is 0 Å². The predicted molar refractivity (Wildman–Crippen MR) is 59.0 cm³/mol. The lowest BCUT2D eigenvalue weighted by atomic mass is 9.62. The van der Waals surface area contributed by atoms with Gasteiger partial charge in [0.15, 0.2) is 0 Å². The van der Waals surface area contributed by atoms with Crippen molar-refractivity contribution in [2.24, 2.45) is 23.7 Å². The summed E-state index contributed by atoms with van der Waals surface area (Å²) in [4.78, 5) is 0. The molecule has 5 unspecified atom stereocenters. The van der Waals surface area contributed by atoms with E-state index in [1.807, 2.05) is 0 Å². The first-order valence-corrected chi connectivity index (χ1v) is 6.13. The van der Waals surface area contributed by atoms with Gasteiger partial charge < -0.3 is 5.32 Å². The quantitative estimate of drug-likeness (QED) is 0.676. The molecule has 1 nitrogen and oxygen atoms in total. The van der Waals surface area contributed by atoms with Crippen molar-refractivity contribution in [1.29, 1.82) is 0 Å². The molecule has 2 bridgehead atoms. The monoisotopic (exact) mass is 191 g/mol. The summed E-state index contributed by atoms with van der Waals surface area (Å²) in [5.74, 6) is 4.36. The van der Waals surface area contributed by atoms with Crippen molar-refractivity contribution in [1.82, 2.24) is 5.32 Å². The second-order valence-corrected chi connectivity index (χ2v) is 5.75. The van der Waals surface area contributed by atoms with Gasteiger partial charge in [0.2, 0.25) is 0 Å². The van der Waals surface area contributed by atoms with Gasteiger partial charge in [0.1, 0.15) is 0 Å². The topological polar surface area (TPSA) is 12.0 Å². The molecule has 3 fully saturated rings. The highest BCUT2D eigenvalue weighted by molar-refractivity contribution is 5.09. The van der Waals surface area contributed by atoms with Crippen LogP contribution in [0.1, 0.15) is 32.6 Å². The summed E-state index contributed by atoms with van der Waals surface area (Å²) in [7, 11) is 0. The van der Waals surface area contributed by atoms with Crippen LogP contribution in [0.15, 0.2) is 12.2 Å². The maximum Gasteiger partial charge on any atom is 0.0161 e. The lowest BCUT2D eigenvalue weighted by molar-refractivity contribution is 0.0515. The molecule has 0 aromatic rings. The van der Waals surface area contributed by atoms with Crippen molar-refractivity contribution in [3.8, 4) is 0 Å². The number of hydrogen-bond acceptors (Lipinski definition) is 1. The number of nitrogens with one attached hydrogen (secondary N) is 1. The van der Waals surface area contributed by atoms with E-state index in [-0.39, 0.29) is 0 Å². The van der Waals surface area contributed by atoms with Gasteiger partial charge in [0.25, 0.3) is 0 Å². The van der Waals surface area contributed by atoms with Gasteiger partial charge in [-0.15, -0.1) is 0 Å². The maximum absolute atomic E-state index is 3.96. The summed E-state index contributed by atoms with van der Waals surface area (Å²) in [6.07, 6.45) is 6.08. The fraction of sp³-hybridized carbons (Fsp3) is 0.846. The Morgan fingerprint density at radius 2 is 2.07 bits per heavy atom. The number of rotatable bonds is 3. The van der Waals surface area contributed by atoms with Crippen LogP contribution in [0.4, 0.5) is 0 Å². The summed E-state index contributed by atoms with van der Waals surface area (Å²) < 4.78 is 0. The van der Waals surface area contributed by atoms with Gasteiger partial charge in [0, 0.05) is 12.6 Å². The van der Waals surface area contributed by atoms with Crippen LogP contribution in [0.2, 0.25) is 0 Å². The minimum absolute atomic E-state index is 0.840. The highest BCUT2D eigenvalue weighted by Crippen LogP contribution is 2.61. The molecule has 14 heavy (non-hydrogen) atoms. The van der Waals surface area contributed by atoms with Gasteiger partial charge >= 0.3 is 0 Å². The molecule has 0 aromatic carbocycles. The van der Waals surface area contributed by atoms with E-state index in [1.54, 1.807) is 12.8 Å². The van der Waals surface area contributed by atoms with Crippen molar-refractivity contribution in [3.05, 3.63) is 12.2 Å². The van der Waals surface area contributed by atoms with E-state index >= 15 is 0 Å². The second-order valence-electron chi connectivity index (χ2n) is 5.75. The van der Waals surface area contributed by atoms with Gasteiger partial charge in [-0.05, 0) is 56.3 Å². The Balaban J connectivity index is 1.58. The smallest absolute Gasteiger partial charge is 0.0161 e. The van der Waals surface area contributed by atoms with Crippen molar-refractivity contribution in [2.45, 2.75) is 38.6 Å². The minimum Gasteiger partial charge on any atom is -0.310 e. The molecule has 5 atom stereocenters. The van der Waals surface area contributed by atoms with Gasteiger partial charge in [-0.25, -0.2) is 0 Å². The number of fused-ring (bicyclic) bond motifs is 5. The summed E-state index contributed by atoms with van der Waals surface area (Å²) in [6.45, 7) is 7.10. The average molecular weight is 191 g/mol. The van der Waals surface area contributed by atoms with Crippen molar-refractivity contribution < 1.29 is 0 Å². The third-order valence-electron chi connectivity index (χ3n) is 4.81. The van der Waals surface area contributed by atoms with E-state index in [0.717, 1.165) is 36.3 Å². The standard InChI is InChI=1S/C13H21N/c1-8(2)7-14-12-6-11-9-3-4-10(5-9)13(11)12/h9-14H,1,3-7H2,2H3. The SMILES string of the molecule is C=C(C)CNC1CC2C3CCC(C3)C12. The van der Waals surface area contributed by atoms with Crippen LogP contribution >= 0.6 is 0 Å². The first-order valence-electron chi connectivity index (χ1n) is 6.13. The van der Waals surface area contributed by atoms with E-state index in [0.29, 0.717) is 0 Å². The summed E-state index contributed by atoms with van der Waals surface area (Å²) >= 11 is 0. The Bertz CT molecular complexity index is 256. The first-order chi connectivity index (χ1) is 6.75. The van der Waals surface area contributed by atoms with Crippen molar-refractivity contribution >= 4 is 0 Å². The molecule has 0 aromatic heterocycles. The molecule has 0 heterocycles. The average Bonchev–Trinajstić information content (AvgIpc) is 2.59. The van der Waals surface area contributed by atoms with Crippen LogP contribution in [-0.2, 0) is 0 Å². The van der Waals surface area contributed by atoms with Crippen LogP contribution in [0.5, 0.6) is 0 Å². The normalized spacial score (nSPS) is 48.8. The molecule has 1 N–H and O–H groups in total. The van der Waals surface area contributed by atoms with Crippen molar-refractivity contribution in [3.63, 3.8) is 0 Å². The molecule has 0 amide bonds. The molecule has 0 aliphatic heterocycles. The van der Waals surface area contributed by atoms with Crippen LogP contribution < -0.4 is 5.32 Å². The zero-order chi connectivity index (χ0) is 9.71. The Hall–Kier alpha value is -0.300. The van der Waals surface area contributed by atoms with Crippen molar-refractivity contribution in [2.75, 3.05) is 6.54 Å². The Labute approximate surface area is 87.0 Å². The Morgan fingerprint density at radius 1 is 1.29 bits per heavy atom. The molecule has 78 valence electrons. The van der Waals surface area contributed by atoms with E-state index in [4.69, 9.17) is 0 Å².